The van der Waals surface area contributed by atoms with Crippen molar-refractivity contribution in [1.82, 2.24) is 35.3 Å². The molecule has 0 saturated carbocycles. The Morgan fingerprint density at radius 1 is 0.840 bits per heavy atom. The van der Waals surface area contributed by atoms with E-state index in [1.807, 2.05) is 62.4 Å². The molecule has 20 heteroatoms. The number of aromatic nitrogens is 2. The van der Waals surface area contributed by atoms with Gasteiger partial charge in [0.15, 0.2) is 11.5 Å². The lowest BCUT2D eigenvalue weighted by atomic mass is 9.85. The average Bonchev–Trinajstić information content (AvgIpc) is 4.10. The Hall–Kier alpha value is -6.23. The molecule has 3 unspecified atom stereocenters. The highest BCUT2D eigenvalue weighted by molar-refractivity contribution is 7.13. The third kappa shape index (κ3) is 17.4. The van der Waals surface area contributed by atoms with Crippen LogP contribution in [0.2, 0.25) is 10.0 Å². The number of fused-ring (bicyclic) bond motifs is 1. The predicted octanol–water partition coefficient (Wildman–Crippen LogP) is 11.0. The summed E-state index contributed by atoms with van der Waals surface area (Å²) in [6.07, 6.45) is 12.8. The van der Waals surface area contributed by atoms with Crippen molar-refractivity contribution in [3.8, 4) is 33.8 Å². The highest BCUT2D eigenvalue weighted by Crippen LogP contribution is 2.41. The molecule has 7 rings (SSSR count). The van der Waals surface area contributed by atoms with Crippen molar-refractivity contribution in [2.75, 3.05) is 65.4 Å². The number of amides is 4. The van der Waals surface area contributed by atoms with E-state index in [0.29, 0.717) is 74.6 Å². The van der Waals surface area contributed by atoms with Gasteiger partial charge in [0.1, 0.15) is 23.9 Å². The Balaban J connectivity index is 0.716. The van der Waals surface area contributed by atoms with Crippen molar-refractivity contribution >= 4 is 80.4 Å². The van der Waals surface area contributed by atoms with E-state index in [-0.39, 0.29) is 43.1 Å². The number of β-amino-alcohol motifs (C(OH)–C–C–N with tert-alkyl or cyclic N) is 1. The number of aliphatic hydroxyl groups excluding tert-OH is 1. The van der Waals surface area contributed by atoms with Crippen LogP contribution in [0, 0.1) is 23.7 Å². The molecule has 4 amide bonds. The number of aliphatic hydroxyl groups is 1. The number of anilines is 2. The fourth-order valence-electron chi connectivity index (χ4n) is 10.4. The van der Waals surface area contributed by atoms with Gasteiger partial charge in [-0.2, -0.15) is 5.26 Å². The number of halogens is 2. The topological polar surface area (TPSA) is 212 Å². The Labute approximate surface area is 491 Å². The Morgan fingerprint density at radius 3 is 2.14 bits per heavy atom. The molecule has 2 saturated heterocycles. The molecule has 3 atom stereocenters. The maximum atomic E-state index is 14.0. The van der Waals surface area contributed by atoms with E-state index in [2.05, 4.69) is 36.9 Å². The number of nitrogens with zero attached hydrogens (tertiary/aromatic N) is 6. The number of hydrogen-bond donors (Lipinski definition) is 4. The van der Waals surface area contributed by atoms with Crippen LogP contribution in [0.5, 0.6) is 17.2 Å². The second kappa shape index (κ2) is 30.2. The lowest BCUT2D eigenvalue weighted by Gasteiger charge is -2.35. The first kappa shape index (κ1) is 62.4. The number of hydrogen-bond acceptors (Lipinski definition) is 14. The smallest absolute Gasteiger partial charge is 0.246 e. The van der Waals surface area contributed by atoms with Crippen molar-refractivity contribution in [3.05, 3.63) is 87.1 Å². The third-order valence-electron chi connectivity index (χ3n) is 15.1. The van der Waals surface area contributed by atoms with Gasteiger partial charge in [0, 0.05) is 88.8 Å². The number of methoxy groups -OCH3 is 2. The SMILES string of the molecule is COc1cc(Nc2c(C#N)cnc3cc(OCCCN4CCN(C(=O)CCCCCCCCCCCCC(=O)NC(C(=O)N5CC(O)CC5C(=O)NCc5ccc(-c6scnc6C)cc5)C(C)(C)C)CC4)c(OC)cc23)c(Cl)cc1Cl. The summed E-state index contributed by atoms with van der Waals surface area (Å²) >= 11 is 14.3. The van der Waals surface area contributed by atoms with Gasteiger partial charge in [-0.15, -0.1) is 11.3 Å². The Bertz CT molecular complexity index is 2970. The summed E-state index contributed by atoms with van der Waals surface area (Å²) in [6, 6.07) is 15.3. The van der Waals surface area contributed by atoms with Crippen LogP contribution in [0.1, 0.15) is 127 Å². The standard InChI is InChI=1S/C61H79Cl2N9O8S/c1-40-57(81-39-67-40)42-22-20-41(21-23-42)36-66-59(76)50-30-44(73)38-72(50)60(77)58(61(2,3)4)69-54(74)18-15-13-11-9-7-8-10-12-14-16-19-55(75)71-27-25-70(26-28-71)24-17-29-80-53-33-48-45(31-52(53)79-6)56(43(35-64)37-65-48)68-49-34-51(78-5)47(63)32-46(49)62/h20-23,31-34,37,39,44,50,58,73H,7-19,24-30,36,38H2,1-6H3,(H,65,68)(H,66,76)(H,69,74). The lowest BCUT2D eigenvalue weighted by molar-refractivity contribution is -0.144. The van der Waals surface area contributed by atoms with Gasteiger partial charge in [-0.3, -0.25) is 29.1 Å². The first-order chi connectivity index (χ1) is 39.0. The number of pyridine rings is 1. The fourth-order valence-corrected chi connectivity index (χ4v) is 11.8. The number of likely N-dealkylation sites (tertiary alicyclic amines) is 1. The molecule has 0 radical (unpaired) electrons. The minimum absolute atomic E-state index is 0.0331. The molecule has 436 valence electrons. The van der Waals surface area contributed by atoms with Crippen LogP contribution in [-0.2, 0) is 25.7 Å². The zero-order valence-corrected chi connectivity index (χ0v) is 50.0. The first-order valence-corrected chi connectivity index (χ1v) is 30.0. The summed E-state index contributed by atoms with van der Waals surface area (Å²) in [6.45, 7) is 12.4. The summed E-state index contributed by atoms with van der Waals surface area (Å²) in [5, 5.41) is 31.1. The van der Waals surface area contributed by atoms with Crippen molar-refractivity contribution in [1.29, 1.82) is 5.26 Å². The van der Waals surface area contributed by atoms with Crippen molar-refractivity contribution in [2.24, 2.45) is 5.41 Å². The number of unbranched alkanes of at least 4 members (excludes halogenated alkanes) is 9. The maximum absolute atomic E-state index is 14.0. The molecule has 2 fully saturated rings. The van der Waals surface area contributed by atoms with E-state index in [1.165, 1.54) is 18.2 Å². The first-order valence-electron chi connectivity index (χ1n) is 28.4. The van der Waals surface area contributed by atoms with Crippen LogP contribution in [0.15, 0.2) is 60.2 Å². The molecule has 2 aliphatic heterocycles. The minimum atomic E-state index is -0.848. The molecule has 2 aliphatic rings. The van der Waals surface area contributed by atoms with Crippen LogP contribution in [-0.4, -0.2) is 132 Å². The Kier molecular flexibility index (Phi) is 23.2. The largest absolute Gasteiger partial charge is 0.495 e. The molecule has 0 aliphatic carbocycles. The molecule has 5 aromatic rings. The molecule has 4 N–H and O–H groups in total. The predicted molar refractivity (Wildman–Crippen MR) is 319 cm³/mol. The number of nitrogens with one attached hydrogen (secondary N) is 3. The van der Waals surface area contributed by atoms with E-state index < -0.39 is 23.6 Å². The number of aryl methyl sites for hydroxylation is 1. The van der Waals surface area contributed by atoms with Crippen LogP contribution in [0.3, 0.4) is 0 Å². The van der Waals surface area contributed by atoms with Crippen LogP contribution < -0.4 is 30.2 Å². The molecule has 17 nitrogen and oxygen atoms in total. The van der Waals surface area contributed by atoms with Crippen LogP contribution in [0.4, 0.5) is 11.4 Å². The second-order valence-electron chi connectivity index (χ2n) is 22.2. The third-order valence-corrected chi connectivity index (χ3v) is 16.7. The van der Waals surface area contributed by atoms with Crippen LogP contribution in [0.25, 0.3) is 21.3 Å². The summed E-state index contributed by atoms with van der Waals surface area (Å²) in [5.74, 6) is 0.837. The summed E-state index contributed by atoms with van der Waals surface area (Å²) < 4.78 is 17.3. The van der Waals surface area contributed by atoms with Gasteiger partial charge < -0.3 is 45.1 Å². The van der Waals surface area contributed by atoms with Crippen molar-refractivity contribution in [2.45, 2.75) is 142 Å². The molecular weight excluding hydrogens is 1090 g/mol. The molecule has 81 heavy (non-hydrogen) atoms. The van der Waals surface area contributed by atoms with Gasteiger partial charge >= 0.3 is 0 Å². The van der Waals surface area contributed by atoms with Gasteiger partial charge in [-0.25, -0.2) is 4.98 Å². The number of ether oxygens (including phenoxy) is 3. The van der Waals surface area contributed by atoms with Gasteiger partial charge in [-0.1, -0.05) is 120 Å². The van der Waals surface area contributed by atoms with Gasteiger partial charge in [0.25, 0.3) is 0 Å². The summed E-state index contributed by atoms with van der Waals surface area (Å²) in [7, 11) is 3.08. The number of nitriles is 1. The van der Waals surface area contributed by atoms with E-state index >= 15 is 0 Å². The van der Waals surface area contributed by atoms with Crippen molar-refractivity contribution in [3.63, 3.8) is 0 Å². The van der Waals surface area contributed by atoms with E-state index in [4.69, 9.17) is 37.4 Å². The molecule has 3 aromatic carbocycles. The highest BCUT2D eigenvalue weighted by atomic mass is 35.5. The zero-order chi connectivity index (χ0) is 58.1. The zero-order valence-electron chi connectivity index (χ0n) is 47.7. The molecule has 4 heterocycles. The van der Waals surface area contributed by atoms with Crippen molar-refractivity contribution < 1.29 is 38.5 Å². The Morgan fingerprint density at radius 2 is 1.51 bits per heavy atom. The van der Waals surface area contributed by atoms with E-state index in [9.17, 15) is 29.5 Å². The molecule has 0 spiro atoms. The van der Waals surface area contributed by atoms with Gasteiger partial charge in [-0.05, 0) is 54.9 Å². The summed E-state index contributed by atoms with van der Waals surface area (Å²) in [4.78, 5) is 69.6. The number of thiazole rings is 1. The van der Waals surface area contributed by atoms with Crippen LogP contribution >= 0.6 is 34.5 Å². The highest BCUT2D eigenvalue weighted by Gasteiger charge is 2.44. The number of carbonyl (C=O) groups excluding carboxylic acids is 4. The number of piperazine rings is 1. The summed E-state index contributed by atoms with van der Waals surface area (Å²) in [5.41, 5.74) is 6.11. The quantitative estimate of drug-likeness (QED) is 0.0344. The van der Waals surface area contributed by atoms with Gasteiger partial charge in [0.05, 0.1) is 75.5 Å². The fraction of sp³-hybridized carbons (Fsp3) is 0.525. The second-order valence-corrected chi connectivity index (χ2v) is 23.8. The average molecular weight is 1170 g/mol. The van der Waals surface area contributed by atoms with E-state index in [1.54, 1.807) is 42.7 Å². The van der Waals surface area contributed by atoms with E-state index in [0.717, 1.165) is 125 Å². The van der Waals surface area contributed by atoms with Gasteiger partial charge in [0.2, 0.25) is 23.6 Å². The number of benzene rings is 3. The monoisotopic (exact) mass is 1170 g/mol. The normalized spacial score (nSPS) is 16.0. The maximum Gasteiger partial charge on any atom is 0.246 e. The molecule has 2 aromatic heterocycles. The number of rotatable bonds is 28. The molecule has 0 bridgehead atoms. The number of carbonyl (C=O) groups is 4. The lowest BCUT2D eigenvalue weighted by Crippen LogP contribution is -2.57. The molecular formula is C61H79Cl2N9O8S. The minimum Gasteiger partial charge on any atom is -0.495 e.